The second kappa shape index (κ2) is 5.50. The molecule has 0 aliphatic rings. The van der Waals surface area contributed by atoms with Crippen molar-refractivity contribution in [2.45, 2.75) is 13.3 Å². The molecule has 19 heavy (non-hydrogen) atoms. The van der Waals surface area contributed by atoms with Crippen molar-refractivity contribution in [2.75, 3.05) is 5.32 Å². The number of halogens is 1. The van der Waals surface area contributed by atoms with Gasteiger partial charge in [-0.3, -0.25) is 9.89 Å². The van der Waals surface area contributed by atoms with Crippen molar-refractivity contribution in [3.8, 4) is 6.07 Å². The lowest BCUT2D eigenvalue weighted by Crippen LogP contribution is -2.14. The van der Waals surface area contributed by atoms with Crippen molar-refractivity contribution in [1.29, 1.82) is 5.26 Å². The molecule has 0 saturated heterocycles. The van der Waals surface area contributed by atoms with Crippen molar-refractivity contribution in [3.05, 3.63) is 40.4 Å². The molecule has 2 aromatic rings. The van der Waals surface area contributed by atoms with Gasteiger partial charge in [-0.15, -0.1) is 5.10 Å². The number of H-pyrrole nitrogens is 1. The van der Waals surface area contributed by atoms with Gasteiger partial charge in [-0.2, -0.15) is 5.26 Å². The fourth-order valence-electron chi connectivity index (χ4n) is 1.42. The number of hydrogen-bond acceptors (Lipinski definition) is 4. The molecule has 96 valence electrons. The number of nitriles is 1. The zero-order chi connectivity index (χ0) is 13.8. The van der Waals surface area contributed by atoms with Crippen LogP contribution in [0.25, 0.3) is 0 Å². The monoisotopic (exact) mass is 275 g/mol. The van der Waals surface area contributed by atoms with E-state index in [1.807, 2.05) is 13.0 Å². The summed E-state index contributed by atoms with van der Waals surface area (Å²) in [6, 6.07) is 6.57. The van der Waals surface area contributed by atoms with Crippen LogP contribution in [-0.4, -0.2) is 21.1 Å². The molecule has 0 spiro atoms. The molecule has 0 fully saturated rings. The second-order valence-electron chi connectivity index (χ2n) is 3.72. The average Bonchev–Trinajstić information content (AvgIpc) is 2.90. The number of aromatic nitrogens is 3. The van der Waals surface area contributed by atoms with E-state index in [-0.39, 0.29) is 5.82 Å². The standard InChI is InChI=1S/C12H10ClN5O/c1-2-10-16-11(18-17-10)12(19)15-9-4-3-7(6-14)5-8(9)13/h3-5H,2H2,1H3,(H,15,19)(H,16,17,18). The van der Waals surface area contributed by atoms with Gasteiger partial charge >= 0.3 is 0 Å². The van der Waals surface area contributed by atoms with E-state index in [9.17, 15) is 4.79 Å². The first kappa shape index (κ1) is 13.1. The summed E-state index contributed by atoms with van der Waals surface area (Å²) in [5.74, 6) is 0.232. The Labute approximate surface area is 114 Å². The van der Waals surface area contributed by atoms with Gasteiger partial charge in [0.2, 0.25) is 5.82 Å². The molecule has 0 aliphatic heterocycles. The van der Waals surface area contributed by atoms with E-state index in [1.165, 1.54) is 6.07 Å². The van der Waals surface area contributed by atoms with Crippen LogP contribution in [0.5, 0.6) is 0 Å². The molecule has 6 nitrogen and oxygen atoms in total. The zero-order valence-electron chi connectivity index (χ0n) is 10.1. The van der Waals surface area contributed by atoms with Gasteiger partial charge in [0.15, 0.2) is 0 Å². The molecule has 0 saturated carbocycles. The molecule has 1 amide bonds. The highest BCUT2D eigenvalue weighted by Crippen LogP contribution is 2.23. The molecule has 1 aromatic carbocycles. The summed E-state index contributed by atoms with van der Waals surface area (Å²) in [6.07, 6.45) is 0.665. The number of nitrogens with zero attached hydrogens (tertiary/aromatic N) is 3. The van der Waals surface area contributed by atoms with Crippen LogP contribution in [0.4, 0.5) is 5.69 Å². The fraction of sp³-hybridized carbons (Fsp3) is 0.167. The summed E-state index contributed by atoms with van der Waals surface area (Å²) in [7, 11) is 0. The lowest BCUT2D eigenvalue weighted by atomic mass is 10.2. The number of anilines is 1. The van der Waals surface area contributed by atoms with Gasteiger partial charge in [0, 0.05) is 6.42 Å². The van der Waals surface area contributed by atoms with Crippen molar-refractivity contribution in [1.82, 2.24) is 15.2 Å². The van der Waals surface area contributed by atoms with Crippen molar-refractivity contribution >= 4 is 23.2 Å². The Morgan fingerprint density at radius 1 is 1.58 bits per heavy atom. The molecule has 2 N–H and O–H groups in total. The van der Waals surface area contributed by atoms with E-state index in [4.69, 9.17) is 16.9 Å². The van der Waals surface area contributed by atoms with Gasteiger partial charge in [-0.25, -0.2) is 4.98 Å². The first-order valence-electron chi connectivity index (χ1n) is 5.56. The Kier molecular flexibility index (Phi) is 3.78. The maximum absolute atomic E-state index is 11.9. The Hall–Kier alpha value is -2.39. The number of benzene rings is 1. The zero-order valence-corrected chi connectivity index (χ0v) is 10.8. The van der Waals surface area contributed by atoms with Gasteiger partial charge in [-0.1, -0.05) is 18.5 Å². The van der Waals surface area contributed by atoms with Gasteiger partial charge in [0.1, 0.15) is 5.82 Å². The molecule has 2 rings (SSSR count). The van der Waals surface area contributed by atoms with Crippen LogP contribution in [0.2, 0.25) is 5.02 Å². The Bertz CT molecular complexity index is 658. The summed E-state index contributed by atoms with van der Waals surface area (Å²) < 4.78 is 0. The molecule has 0 aliphatic carbocycles. The number of aromatic amines is 1. The highest BCUT2D eigenvalue weighted by Gasteiger charge is 2.13. The number of hydrogen-bond donors (Lipinski definition) is 2. The van der Waals surface area contributed by atoms with Gasteiger partial charge in [-0.05, 0) is 18.2 Å². The summed E-state index contributed by atoms with van der Waals surface area (Å²) in [6.45, 7) is 1.90. The quantitative estimate of drug-likeness (QED) is 0.897. The van der Waals surface area contributed by atoms with E-state index in [2.05, 4.69) is 20.5 Å². The van der Waals surface area contributed by atoms with Crippen molar-refractivity contribution in [2.24, 2.45) is 0 Å². The lowest BCUT2D eigenvalue weighted by Gasteiger charge is -2.04. The van der Waals surface area contributed by atoms with E-state index >= 15 is 0 Å². The van der Waals surface area contributed by atoms with Crippen LogP contribution >= 0.6 is 11.6 Å². The Morgan fingerprint density at radius 3 is 2.95 bits per heavy atom. The largest absolute Gasteiger partial charge is 0.318 e. The molecule has 0 bridgehead atoms. The van der Waals surface area contributed by atoms with Crippen LogP contribution in [-0.2, 0) is 6.42 Å². The van der Waals surface area contributed by atoms with Gasteiger partial charge in [0.25, 0.3) is 5.91 Å². The summed E-state index contributed by atoms with van der Waals surface area (Å²) >= 11 is 5.96. The molecule has 0 radical (unpaired) electrons. The Morgan fingerprint density at radius 2 is 2.37 bits per heavy atom. The third-order valence-corrected chi connectivity index (χ3v) is 2.73. The molecule has 1 heterocycles. The minimum Gasteiger partial charge on any atom is -0.318 e. The molecule has 0 unspecified atom stereocenters. The van der Waals surface area contributed by atoms with E-state index in [1.54, 1.807) is 12.1 Å². The molecular formula is C12H10ClN5O. The molecular weight excluding hydrogens is 266 g/mol. The van der Waals surface area contributed by atoms with Gasteiger partial charge in [0.05, 0.1) is 22.3 Å². The fourth-order valence-corrected chi connectivity index (χ4v) is 1.65. The number of amides is 1. The SMILES string of the molecule is CCc1nc(C(=O)Nc2ccc(C#N)cc2Cl)n[nH]1. The number of carbonyl (C=O) groups excluding carboxylic acids is 1. The Balaban J connectivity index is 2.17. The first-order chi connectivity index (χ1) is 9.13. The predicted molar refractivity (Wildman–Crippen MR) is 69.9 cm³/mol. The van der Waals surface area contributed by atoms with Crippen LogP contribution in [0.1, 0.15) is 28.9 Å². The van der Waals surface area contributed by atoms with Crippen LogP contribution in [0.3, 0.4) is 0 Å². The van der Waals surface area contributed by atoms with E-state index in [0.717, 1.165) is 0 Å². The maximum Gasteiger partial charge on any atom is 0.295 e. The summed E-state index contributed by atoms with van der Waals surface area (Å²) in [4.78, 5) is 15.9. The smallest absolute Gasteiger partial charge is 0.295 e. The highest BCUT2D eigenvalue weighted by molar-refractivity contribution is 6.34. The van der Waals surface area contributed by atoms with Crippen LogP contribution in [0, 0.1) is 11.3 Å². The molecule has 7 heteroatoms. The average molecular weight is 276 g/mol. The third kappa shape index (κ3) is 2.89. The third-order valence-electron chi connectivity index (χ3n) is 2.42. The minimum atomic E-state index is -0.456. The highest BCUT2D eigenvalue weighted by atomic mass is 35.5. The first-order valence-corrected chi connectivity index (χ1v) is 5.94. The number of carbonyl (C=O) groups is 1. The number of rotatable bonds is 3. The second-order valence-corrected chi connectivity index (χ2v) is 4.13. The predicted octanol–water partition coefficient (Wildman–Crippen LogP) is 2.14. The van der Waals surface area contributed by atoms with Crippen molar-refractivity contribution < 1.29 is 4.79 Å². The van der Waals surface area contributed by atoms with E-state index in [0.29, 0.717) is 28.5 Å². The topological polar surface area (TPSA) is 94.5 Å². The van der Waals surface area contributed by atoms with Crippen LogP contribution < -0.4 is 5.32 Å². The summed E-state index contributed by atoms with van der Waals surface area (Å²) in [5, 5.41) is 18.1. The van der Waals surface area contributed by atoms with Gasteiger partial charge < -0.3 is 5.32 Å². The maximum atomic E-state index is 11.9. The minimum absolute atomic E-state index is 0.0530. The molecule has 0 atom stereocenters. The lowest BCUT2D eigenvalue weighted by molar-refractivity contribution is 0.101. The normalized spacial score (nSPS) is 9.95. The summed E-state index contributed by atoms with van der Waals surface area (Å²) in [5.41, 5.74) is 0.836. The van der Waals surface area contributed by atoms with E-state index < -0.39 is 5.91 Å². The van der Waals surface area contributed by atoms with Crippen molar-refractivity contribution in [3.63, 3.8) is 0 Å². The number of nitrogens with one attached hydrogen (secondary N) is 2. The molecule has 1 aromatic heterocycles. The van der Waals surface area contributed by atoms with Crippen LogP contribution in [0.15, 0.2) is 18.2 Å². The number of aryl methyl sites for hydroxylation is 1.